The molecule has 1 unspecified atom stereocenters. The molecule has 1 saturated heterocycles. The summed E-state index contributed by atoms with van der Waals surface area (Å²) >= 11 is 13.5. The van der Waals surface area contributed by atoms with Gasteiger partial charge in [-0.25, -0.2) is 0 Å². The monoisotopic (exact) mass is 495 g/mol. The Balaban J connectivity index is 1.49. The van der Waals surface area contributed by atoms with Crippen LogP contribution in [0.5, 0.6) is 0 Å². The second-order valence-electron chi connectivity index (χ2n) is 9.13. The van der Waals surface area contributed by atoms with Gasteiger partial charge in [0.05, 0.1) is 16.7 Å². The normalized spacial score (nSPS) is 28.6. The average Bonchev–Trinajstić information content (AvgIpc) is 2.85. The minimum atomic E-state index is -0.829. The predicted molar refractivity (Wildman–Crippen MR) is 132 cm³/mol. The molecule has 1 aromatic rings. The number of aliphatic hydroxyl groups excluding tert-OH is 1. The molecule has 5 N–H and O–H groups in total. The van der Waals surface area contributed by atoms with Crippen LogP contribution in [-0.2, 0) is 10.4 Å². The van der Waals surface area contributed by atoms with Crippen LogP contribution in [0.1, 0.15) is 44.1 Å². The second kappa shape index (κ2) is 11.9. The molecule has 182 valence electrons. The van der Waals surface area contributed by atoms with Crippen LogP contribution in [0.25, 0.3) is 0 Å². The van der Waals surface area contributed by atoms with Crippen LogP contribution < -0.4 is 21.3 Å². The molecule has 0 aromatic carbocycles. The summed E-state index contributed by atoms with van der Waals surface area (Å²) in [5.74, 6) is 1.51. The fraction of sp³-hybridized carbons (Fsp3) is 0.625. The van der Waals surface area contributed by atoms with Crippen molar-refractivity contribution in [3.8, 4) is 0 Å². The van der Waals surface area contributed by atoms with Crippen molar-refractivity contribution in [2.24, 2.45) is 5.92 Å². The molecule has 1 aromatic heterocycles. The average molecular weight is 496 g/mol. The minimum absolute atomic E-state index is 0.169. The van der Waals surface area contributed by atoms with E-state index in [9.17, 15) is 0 Å². The molecule has 3 aliphatic rings. The number of aromatic nitrogens is 1. The Morgan fingerprint density at radius 3 is 2.58 bits per heavy atom. The standard InChI is InChI=1S/C24H35Cl2N5O2/c25-21-16-27-10-7-20(21)24(30-19-3-1-18(2-4-19)28-11-12-32)22(26)5-6-23(31-24)29-15-17-8-13-33-14-9-17/h5-7,10,16-19,28-32H,1-4,8-9,11-15H2. The van der Waals surface area contributed by atoms with Crippen LogP contribution in [-0.4, -0.2) is 55.1 Å². The minimum Gasteiger partial charge on any atom is -0.395 e. The second-order valence-corrected chi connectivity index (χ2v) is 9.95. The van der Waals surface area contributed by atoms with Crippen molar-refractivity contribution in [3.05, 3.63) is 52.1 Å². The summed E-state index contributed by atoms with van der Waals surface area (Å²) in [5, 5.41) is 24.8. The molecule has 0 radical (unpaired) electrons. The summed E-state index contributed by atoms with van der Waals surface area (Å²) in [7, 11) is 0. The molecule has 1 atom stereocenters. The molecule has 0 bridgehead atoms. The third-order valence-electron chi connectivity index (χ3n) is 6.87. The van der Waals surface area contributed by atoms with Crippen LogP contribution in [0.3, 0.4) is 0 Å². The highest BCUT2D eigenvalue weighted by atomic mass is 35.5. The number of rotatable bonds is 9. The van der Waals surface area contributed by atoms with Crippen LogP contribution in [0.15, 0.2) is 41.5 Å². The number of halogens is 2. The van der Waals surface area contributed by atoms with Gasteiger partial charge in [0.2, 0.25) is 0 Å². The van der Waals surface area contributed by atoms with E-state index in [1.807, 2.05) is 18.2 Å². The zero-order valence-corrected chi connectivity index (χ0v) is 20.5. The Kier molecular flexibility index (Phi) is 8.91. The molecule has 1 saturated carbocycles. The number of nitrogens with zero attached hydrogens (tertiary/aromatic N) is 1. The molecule has 9 heteroatoms. The topological polar surface area (TPSA) is 90.5 Å². The van der Waals surface area contributed by atoms with Crippen molar-refractivity contribution in [1.29, 1.82) is 0 Å². The highest BCUT2D eigenvalue weighted by Crippen LogP contribution is 2.38. The van der Waals surface area contributed by atoms with Crippen LogP contribution in [0.2, 0.25) is 5.02 Å². The zero-order chi connectivity index (χ0) is 23.1. The number of nitrogens with one attached hydrogen (secondary N) is 4. The summed E-state index contributed by atoms with van der Waals surface area (Å²) in [6.07, 6.45) is 13.6. The van der Waals surface area contributed by atoms with E-state index in [0.717, 1.165) is 69.7 Å². The van der Waals surface area contributed by atoms with E-state index in [-0.39, 0.29) is 12.6 Å². The molecule has 1 aliphatic carbocycles. The lowest BCUT2D eigenvalue weighted by Gasteiger charge is -2.44. The van der Waals surface area contributed by atoms with Gasteiger partial charge in [-0.05, 0) is 62.7 Å². The van der Waals surface area contributed by atoms with Crippen LogP contribution >= 0.6 is 23.2 Å². The van der Waals surface area contributed by atoms with Gasteiger partial charge in [0, 0.05) is 56.3 Å². The van der Waals surface area contributed by atoms with E-state index >= 15 is 0 Å². The van der Waals surface area contributed by atoms with E-state index < -0.39 is 5.66 Å². The quantitative estimate of drug-likeness (QED) is 0.359. The van der Waals surface area contributed by atoms with Crippen molar-refractivity contribution >= 4 is 23.2 Å². The van der Waals surface area contributed by atoms with Gasteiger partial charge in [-0.1, -0.05) is 23.2 Å². The van der Waals surface area contributed by atoms with Crippen molar-refractivity contribution in [2.45, 2.75) is 56.3 Å². The fourth-order valence-electron chi connectivity index (χ4n) is 4.97. The summed E-state index contributed by atoms with van der Waals surface area (Å²) in [6, 6.07) is 2.64. The van der Waals surface area contributed by atoms with E-state index in [4.69, 9.17) is 33.0 Å². The Hall–Kier alpha value is -1.35. The van der Waals surface area contributed by atoms with Gasteiger partial charge in [-0.2, -0.15) is 0 Å². The largest absolute Gasteiger partial charge is 0.395 e. The molecular weight excluding hydrogens is 461 g/mol. The van der Waals surface area contributed by atoms with Crippen molar-refractivity contribution < 1.29 is 9.84 Å². The number of dihydropyridines is 1. The third kappa shape index (κ3) is 6.21. The van der Waals surface area contributed by atoms with Gasteiger partial charge in [0.1, 0.15) is 5.82 Å². The maximum Gasteiger partial charge on any atom is 0.155 e. The third-order valence-corrected chi connectivity index (χ3v) is 7.58. The molecule has 33 heavy (non-hydrogen) atoms. The molecule has 7 nitrogen and oxygen atoms in total. The highest BCUT2D eigenvalue weighted by molar-refractivity contribution is 6.33. The Morgan fingerprint density at radius 1 is 1.09 bits per heavy atom. The van der Waals surface area contributed by atoms with E-state index in [1.54, 1.807) is 12.4 Å². The first-order valence-electron chi connectivity index (χ1n) is 12.0. The SMILES string of the molecule is OCCNC1CCC(NC2(c3ccncc3Cl)NC(NCC3CCOCC3)=CC=C2Cl)CC1. The first kappa shape index (κ1) is 24.8. The molecule has 2 fully saturated rings. The van der Waals surface area contributed by atoms with Gasteiger partial charge < -0.3 is 25.8 Å². The fourth-order valence-corrected chi connectivity index (χ4v) is 5.50. The number of allylic oxidation sites excluding steroid dienone is 2. The molecule has 0 amide bonds. The first-order valence-corrected chi connectivity index (χ1v) is 12.8. The van der Waals surface area contributed by atoms with E-state index in [0.29, 0.717) is 28.6 Å². The maximum absolute atomic E-state index is 9.09. The number of ether oxygens (including phenoxy) is 1. The summed E-state index contributed by atoms with van der Waals surface area (Å²) < 4.78 is 5.49. The van der Waals surface area contributed by atoms with Gasteiger partial charge in [-0.3, -0.25) is 10.3 Å². The highest BCUT2D eigenvalue weighted by Gasteiger charge is 2.42. The van der Waals surface area contributed by atoms with E-state index in [1.165, 1.54) is 0 Å². The van der Waals surface area contributed by atoms with Crippen LogP contribution in [0, 0.1) is 5.92 Å². The van der Waals surface area contributed by atoms with Crippen LogP contribution in [0.4, 0.5) is 0 Å². The number of hydrogen-bond donors (Lipinski definition) is 5. The Bertz CT molecular complexity index is 838. The van der Waals surface area contributed by atoms with Gasteiger partial charge >= 0.3 is 0 Å². The van der Waals surface area contributed by atoms with Crippen molar-refractivity contribution in [2.75, 3.05) is 32.9 Å². The van der Waals surface area contributed by atoms with Gasteiger partial charge in [-0.15, -0.1) is 0 Å². The molecule has 0 spiro atoms. The summed E-state index contributed by atoms with van der Waals surface area (Å²) in [5.41, 5.74) is 0.0316. The predicted octanol–water partition coefficient (Wildman–Crippen LogP) is 2.95. The smallest absolute Gasteiger partial charge is 0.155 e. The molecular formula is C24H35Cl2N5O2. The number of hydrogen-bond acceptors (Lipinski definition) is 7. The Labute approximate surface area is 206 Å². The number of aliphatic hydroxyl groups is 1. The molecule has 3 heterocycles. The molecule has 4 rings (SSSR count). The lowest BCUT2D eigenvalue weighted by Crippen LogP contribution is -2.60. The number of pyridine rings is 1. The Morgan fingerprint density at radius 2 is 1.85 bits per heavy atom. The maximum atomic E-state index is 9.09. The van der Waals surface area contributed by atoms with Gasteiger partial charge in [0.15, 0.2) is 5.66 Å². The molecule has 2 aliphatic heterocycles. The summed E-state index contributed by atoms with van der Waals surface area (Å²) in [4.78, 5) is 4.18. The lowest BCUT2D eigenvalue weighted by molar-refractivity contribution is 0.0667. The lowest BCUT2D eigenvalue weighted by atomic mass is 9.88. The first-order chi connectivity index (χ1) is 16.1. The van der Waals surface area contributed by atoms with Gasteiger partial charge in [0.25, 0.3) is 0 Å². The summed E-state index contributed by atoms with van der Waals surface area (Å²) in [6.45, 7) is 3.36. The van der Waals surface area contributed by atoms with Crippen molar-refractivity contribution in [1.82, 2.24) is 26.3 Å². The van der Waals surface area contributed by atoms with E-state index in [2.05, 4.69) is 26.3 Å². The zero-order valence-electron chi connectivity index (χ0n) is 19.0. The van der Waals surface area contributed by atoms with Crippen molar-refractivity contribution in [3.63, 3.8) is 0 Å².